The van der Waals surface area contributed by atoms with Crippen molar-refractivity contribution >= 4 is 39.5 Å². The van der Waals surface area contributed by atoms with Crippen molar-refractivity contribution in [1.82, 2.24) is 15.6 Å². The molecule has 1 saturated heterocycles. The van der Waals surface area contributed by atoms with E-state index in [4.69, 9.17) is 29.7 Å². The topological polar surface area (TPSA) is 157 Å². The molecule has 13 heteroatoms. The average molecular weight is 927 g/mol. The minimum Gasteiger partial charge on any atom is -0.508 e. The Morgan fingerprint density at radius 2 is 1.95 bits per heavy atom. The van der Waals surface area contributed by atoms with Gasteiger partial charge in [0.1, 0.15) is 47.6 Å². The molecule has 5 heterocycles. The summed E-state index contributed by atoms with van der Waals surface area (Å²) in [4.78, 5) is 17.6. The van der Waals surface area contributed by atoms with Crippen LogP contribution < -0.4 is 30.6 Å². The number of hydrogen-bond donors (Lipinski definition) is 5. The molecule has 4 aliphatic heterocycles. The van der Waals surface area contributed by atoms with E-state index < -0.39 is 12.0 Å². The van der Waals surface area contributed by atoms with Gasteiger partial charge in [-0.05, 0) is 111 Å². The van der Waals surface area contributed by atoms with Gasteiger partial charge in [-0.1, -0.05) is 64.3 Å². The predicted octanol–water partition coefficient (Wildman–Crippen LogP) is 8.68. The molecule has 1 aromatic heterocycles. The second kappa shape index (κ2) is 17.6. The molecular weight excluding hydrogens is 869 g/mol. The monoisotopic (exact) mass is 926 g/mol. The number of benzene rings is 3. The van der Waals surface area contributed by atoms with E-state index in [2.05, 4.69) is 52.8 Å². The number of nitrogens with two attached hydrogens (primary N) is 1. The van der Waals surface area contributed by atoms with Gasteiger partial charge >= 0.3 is 5.97 Å². The van der Waals surface area contributed by atoms with E-state index in [9.17, 15) is 15.0 Å². The van der Waals surface area contributed by atoms with Crippen LogP contribution in [0.2, 0.25) is 0 Å². The number of aromatic hydroxyl groups is 2. The minimum absolute atomic E-state index is 0.0853. The van der Waals surface area contributed by atoms with Crippen molar-refractivity contribution in [1.29, 1.82) is 0 Å². The van der Waals surface area contributed by atoms with Crippen molar-refractivity contribution in [2.45, 2.75) is 113 Å². The van der Waals surface area contributed by atoms with Crippen LogP contribution in [0.3, 0.4) is 0 Å². The number of fused-ring (bicyclic) bond motifs is 12. The van der Waals surface area contributed by atoms with Crippen LogP contribution in [-0.4, -0.2) is 71.6 Å². The van der Waals surface area contributed by atoms with Crippen LogP contribution in [0.15, 0.2) is 42.5 Å². The molecule has 3 fully saturated rings. The summed E-state index contributed by atoms with van der Waals surface area (Å²) in [5, 5.41) is 31.0. The Morgan fingerprint density at radius 1 is 1.08 bits per heavy atom. The molecule has 4 aromatic rings. The highest BCUT2D eigenvalue weighted by Crippen LogP contribution is 2.63. The number of anilines is 1. The first-order valence-electron chi connectivity index (χ1n) is 23.6. The number of nitrogen functional groups attached to an aromatic ring is 1. The van der Waals surface area contributed by atoms with Crippen LogP contribution in [0.4, 0.5) is 5.82 Å². The van der Waals surface area contributed by atoms with Crippen LogP contribution >= 0.6 is 21.6 Å². The zero-order valence-corrected chi connectivity index (χ0v) is 39.5. The molecule has 3 aromatic carbocycles. The number of phenols is 2. The summed E-state index contributed by atoms with van der Waals surface area (Å²) >= 11 is 0. The highest BCUT2D eigenvalue weighted by molar-refractivity contribution is 8.76. The highest BCUT2D eigenvalue weighted by Gasteiger charge is 2.51. The lowest BCUT2D eigenvalue weighted by molar-refractivity contribution is -0.141. The number of nitrogens with one attached hydrogen (secondary N) is 2. The lowest BCUT2D eigenvalue weighted by Crippen LogP contribution is -2.49. The number of ether oxygens (including phenoxy) is 4. The quantitative estimate of drug-likeness (QED) is 0.0737. The van der Waals surface area contributed by atoms with E-state index in [-0.39, 0.29) is 48.1 Å². The summed E-state index contributed by atoms with van der Waals surface area (Å²) in [6, 6.07) is 12.2. The molecule has 66 heavy (non-hydrogen) atoms. The number of hydrogen-bond acceptors (Lipinski definition) is 13. The van der Waals surface area contributed by atoms with Crippen molar-refractivity contribution in [2.24, 2.45) is 11.8 Å². The Labute approximate surface area is 394 Å². The summed E-state index contributed by atoms with van der Waals surface area (Å²) in [6.45, 7) is 1.88. The fourth-order valence-corrected chi connectivity index (χ4v) is 15.3. The Hall–Kier alpha value is -5.00. The molecule has 6 bridgehead atoms. The first kappa shape index (κ1) is 43.6. The van der Waals surface area contributed by atoms with Crippen molar-refractivity contribution in [3.63, 3.8) is 0 Å². The molecule has 0 unspecified atom stereocenters. The summed E-state index contributed by atoms with van der Waals surface area (Å²) in [6.07, 6.45) is 12.7. The van der Waals surface area contributed by atoms with Gasteiger partial charge in [0.15, 0.2) is 11.5 Å². The van der Waals surface area contributed by atoms with Crippen molar-refractivity contribution in [3.8, 4) is 51.7 Å². The van der Waals surface area contributed by atoms with Crippen molar-refractivity contribution < 1.29 is 34.0 Å². The maximum Gasteiger partial charge on any atom is 0.302 e. The van der Waals surface area contributed by atoms with Crippen molar-refractivity contribution in [2.75, 3.05) is 38.0 Å². The van der Waals surface area contributed by atoms with E-state index in [0.29, 0.717) is 59.4 Å². The van der Waals surface area contributed by atoms with Gasteiger partial charge in [0.2, 0.25) is 0 Å². The molecule has 8 atom stereocenters. The van der Waals surface area contributed by atoms with E-state index in [1.165, 1.54) is 19.8 Å². The number of carbonyl (C=O) groups is 1. The van der Waals surface area contributed by atoms with Crippen LogP contribution in [0.1, 0.15) is 114 Å². The Morgan fingerprint density at radius 3 is 2.80 bits per heavy atom. The molecule has 2 saturated carbocycles. The van der Waals surface area contributed by atoms with Gasteiger partial charge in [-0.3, -0.25) is 4.79 Å². The Bertz CT molecular complexity index is 2710. The highest BCUT2D eigenvalue weighted by atomic mass is 33.1. The number of pyridine rings is 1. The van der Waals surface area contributed by atoms with E-state index in [0.717, 1.165) is 106 Å². The minimum atomic E-state index is -0.654. The number of aromatic nitrogens is 1. The maximum atomic E-state index is 12.8. The average Bonchev–Trinajstić information content (AvgIpc) is 3.81. The first-order valence-corrected chi connectivity index (χ1v) is 26.1. The van der Waals surface area contributed by atoms with Gasteiger partial charge in [0, 0.05) is 82.3 Å². The van der Waals surface area contributed by atoms with Gasteiger partial charge in [-0.2, -0.15) is 0 Å². The lowest BCUT2D eigenvalue weighted by Gasteiger charge is -2.39. The summed E-state index contributed by atoms with van der Waals surface area (Å²) in [5.74, 6) is 11.6. The first-order chi connectivity index (χ1) is 32.1. The largest absolute Gasteiger partial charge is 0.508 e. The van der Waals surface area contributed by atoms with Crippen molar-refractivity contribution in [3.05, 3.63) is 92.7 Å². The number of phenolic OH excluding ortho intramolecular Hbond substituents is 2. The van der Waals surface area contributed by atoms with Crippen LogP contribution in [0.25, 0.3) is 17.2 Å². The number of esters is 1. The standard InChI is InChI=1S/C53H58N4O7S2/c1-28(58)62-25-40-36-11-12-37-46-32(20-34(59)21-43(46)61-3)23-53-17-16-29(22-53)18-31-10-15-45(54)57-41(31)9-5-8-35-39(24-55-2)49(60)52-38(47(35)50(40)64-51(36)48(37)53)13-14-42-44(63-52)27-66-65-26-30-6-4-7-33(19-30)56-42/h10-15,20-21,29-30,33,40,42,44,50,55-56,59-60H,4,6-8,16-19,22-27H2,1-3H3,(H2,54,57)/t29-,30+,33+,40+,42+,44-,50+,53-/m1/s1. The van der Waals surface area contributed by atoms with E-state index >= 15 is 0 Å². The fraction of sp³-hybridized carbons (Fsp3) is 0.472. The zero-order valence-electron chi connectivity index (χ0n) is 37.8. The number of rotatable bonds is 5. The normalized spacial score (nSPS) is 27.8. The van der Waals surface area contributed by atoms with Gasteiger partial charge in [-0.15, -0.1) is 0 Å². The molecule has 0 amide bonds. The summed E-state index contributed by atoms with van der Waals surface area (Å²) < 4.78 is 26.9. The molecule has 7 aliphatic rings. The molecule has 6 N–H and O–H groups in total. The zero-order chi connectivity index (χ0) is 45.3. The molecule has 0 radical (unpaired) electrons. The van der Waals surface area contributed by atoms with Gasteiger partial charge in [0.25, 0.3) is 0 Å². The summed E-state index contributed by atoms with van der Waals surface area (Å²) in [7, 11) is 7.32. The lowest BCUT2D eigenvalue weighted by atomic mass is 9.65. The third-order valence-electron chi connectivity index (χ3n) is 15.4. The predicted molar refractivity (Wildman–Crippen MR) is 260 cm³/mol. The van der Waals surface area contributed by atoms with Crippen LogP contribution in [-0.2, 0) is 40.8 Å². The summed E-state index contributed by atoms with van der Waals surface area (Å²) in [5.41, 5.74) is 16.0. The maximum absolute atomic E-state index is 12.8. The van der Waals surface area contributed by atoms with Crippen LogP contribution in [0.5, 0.6) is 28.7 Å². The Kier molecular flexibility index (Phi) is 11.6. The fourth-order valence-electron chi connectivity index (χ4n) is 12.6. The van der Waals surface area contributed by atoms with Gasteiger partial charge in [-0.25, -0.2) is 4.98 Å². The van der Waals surface area contributed by atoms with Crippen LogP contribution in [0, 0.1) is 23.7 Å². The molecule has 344 valence electrons. The second-order valence-corrected chi connectivity index (χ2v) is 22.1. The number of carbonyl (C=O) groups excluding carboxylic acids is 1. The van der Waals surface area contributed by atoms with Gasteiger partial charge in [0.05, 0.1) is 19.1 Å². The SMILES string of the molecule is CNCc1c(O)c2c(c3c1CC#Cc1nc(N)ccc1C[C@H]1CC[C@]4(Cc5cc(O)cc(OC)c5-c5ccc6c(c54)O[C@H]3[C@H]6COC(C)=O)C1)C=C[C@@H]1N[C@H]3CCC[C@H](CSSC[C@H]1O2)C3. The van der Waals surface area contributed by atoms with Gasteiger partial charge < -0.3 is 45.5 Å². The molecule has 1 spiro atoms. The molecule has 11 rings (SSSR count). The molecule has 3 aliphatic carbocycles. The molecular formula is C53H58N4O7S2. The van der Waals surface area contributed by atoms with E-state index in [1.54, 1.807) is 13.2 Å². The Balaban J connectivity index is 1.17. The van der Waals surface area contributed by atoms with E-state index in [1.807, 2.05) is 40.8 Å². The number of methoxy groups -OCH3 is 1. The number of nitrogens with zero attached hydrogens (tertiary/aromatic N) is 1. The third kappa shape index (κ3) is 7.66. The molecule has 11 nitrogen and oxygen atoms in total. The third-order valence-corrected chi connectivity index (χ3v) is 18.0. The smallest absolute Gasteiger partial charge is 0.302 e. The second-order valence-electron chi connectivity index (χ2n) is 19.5.